The smallest absolute Gasteiger partial charge is 0.246 e. The Morgan fingerprint density at radius 2 is 1.93 bits per heavy atom. The van der Waals surface area contributed by atoms with E-state index in [0.717, 1.165) is 35.1 Å². The van der Waals surface area contributed by atoms with E-state index in [1.807, 2.05) is 54.6 Å². The summed E-state index contributed by atoms with van der Waals surface area (Å²) in [6.07, 6.45) is 6.57. The molecule has 2 heterocycles. The molecule has 3 aromatic rings. The predicted octanol–water partition coefficient (Wildman–Crippen LogP) is 4.38. The number of methoxy groups -OCH3 is 1. The van der Waals surface area contributed by atoms with Crippen molar-refractivity contribution in [1.29, 1.82) is 0 Å². The van der Waals surface area contributed by atoms with Gasteiger partial charge in [0.05, 0.1) is 12.8 Å². The van der Waals surface area contributed by atoms with Crippen LogP contribution in [0.3, 0.4) is 0 Å². The van der Waals surface area contributed by atoms with E-state index in [4.69, 9.17) is 4.74 Å². The summed E-state index contributed by atoms with van der Waals surface area (Å²) in [5.74, 6) is 0.631. The molecule has 1 amide bonds. The maximum absolute atomic E-state index is 13.1. The van der Waals surface area contributed by atoms with Crippen molar-refractivity contribution in [2.24, 2.45) is 5.92 Å². The molecule has 0 aliphatic carbocycles. The van der Waals surface area contributed by atoms with Crippen LogP contribution in [-0.2, 0) is 4.79 Å². The van der Waals surface area contributed by atoms with Gasteiger partial charge in [0.25, 0.3) is 0 Å². The third kappa shape index (κ3) is 4.40. The molecule has 4 rings (SSSR count). The highest BCUT2D eigenvalue weighted by atomic mass is 16.5. The molecule has 1 aliphatic heterocycles. The number of ether oxygens (including phenoxy) is 1. The SMILES string of the molecule is COc1ccc2cc(C(=O)[C@H]3CCCN(C(=O)/C=C/c4ccccn4)C3)ccc2c1. The zero-order valence-corrected chi connectivity index (χ0v) is 17.0. The first-order valence-corrected chi connectivity index (χ1v) is 10.1. The number of carbonyl (C=O) groups is 2. The number of ketones is 1. The Morgan fingerprint density at radius 3 is 2.73 bits per heavy atom. The molecule has 1 saturated heterocycles. The summed E-state index contributed by atoms with van der Waals surface area (Å²) >= 11 is 0. The molecule has 1 aromatic heterocycles. The summed E-state index contributed by atoms with van der Waals surface area (Å²) in [4.78, 5) is 31.7. The summed E-state index contributed by atoms with van der Waals surface area (Å²) in [7, 11) is 1.64. The van der Waals surface area contributed by atoms with Crippen molar-refractivity contribution >= 4 is 28.5 Å². The fourth-order valence-corrected chi connectivity index (χ4v) is 3.87. The quantitative estimate of drug-likeness (QED) is 0.471. The van der Waals surface area contributed by atoms with Crippen LogP contribution < -0.4 is 4.74 Å². The molecule has 2 aromatic carbocycles. The molecule has 1 fully saturated rings. The van der Waals surface area contributed by atoms with Gasteiger partial charge in [-0.05, 0) is 60.0 Å². The molecular weight excluding hydrogens is 376 g/mol. The summed E-state index contributed by atoms with van der Waals surface area (Å²) in [5, 5.41) is 2.04. The summed E-state index contributed by atoms with van der Waals surface area (Å²) < 4.78 is 5.26. The Labute approximate surface area is 176 Å². The lowest BCUT2D eigenvalue weighted by Crippen LogP contribution is -2.41. The van der Waals surface area contributed by atoms with Crippen molar-refractivity contribution in [3.63, 3.8) is 0 Å². The van der Waals surface area contributed by atoms with E-state index in [9.17, 15) is 9.59 Å². The molecule has 5 heteroatoms. The lowest BCUT2D eigenvalue weighted by molar-refractivity contribution is -0.127. The van der Waals surface area contributed by atoms with Crippen LogP contribution in [0.1, 0.15) is 28.9 Å². The van der Waals surface area contributed by atoms with Crippen LogP contribution in [0.4, 0.5) is 0 Å². The van der Waals surface area contributed by atoms with Gasteiger partial charge in [0.15, 0.2) is 5.78 Å². The van der Waals surface area contributed by atoms with Gasteiger partial charge >= 0.3 is 0 Å². The lowest BCUT2D eigenvalue weighted by Gasteiger charge is -2.31. The molecule has 1 aliphatic rings. The Bertz CT molecular complexity index is 1090. The van der Waals surface area contributed by atoms with Crippen molar-refractivity contribution in [1.82, 2.24) is 9.88 Å². The molecular formula is C25H24N2O3. The second-order valence-electron chi connectivity index (χ2n) is 7.50. The highest BCUT2D eigenvalue weighted by molar-refractivity contribution is 6.02. The zero-order valence-electron chi connectivity index (χ0n) is 17.0. The van der Waals surface area contributed by atoms with E-state index in [-0.39, 0.29) is 17.6 Å². The number of pyridine rings is 1. The molecule has 0 unspecified atom stereocenters. The van der Waals surface area contributed by atoms with Crippen molar-refractivity contribution in [2.75, 3.05) is 20.2 Å². The summed E-state index contributed by atoms with van der Waals surface area (Å²) in [6.45, 7) is 1.12. The molecule has 0 bridgehead atoms. The molecule has 5 nitrogen and oxygen atoms in total. The third-order valence-corrected chi connectivity index (χ3v) is 5.52. The highest BCUT2D eigenvalue weighted by Crippen LogP contribution is 2.26. The fraction of sp³-hybridized carbons (Fsp3) is 0.240. The minimum Gasteiger partial charge on any atom is -0.497 e. The number of benzene rings is 2. The standard InChI is InChI=1S/C25H24N2O3/c1-30-23-11-9-18-15-20(8-7-19(18)16-23)25(29)21-5-4-14-27(17-21)24(28)12-10-22-6-2-3-13-26-22/h2-3,6-13,15-16,21H,4-5,14,17H2,1H3/b12-10+/t21-/m0/s1. The van der Waals surface area contributed by atoms with E-state index < -0.39 is 0 Å². The van der Waals surface area contributed by atoms with E-state index in [1.165, 1.54) is 0 Å². The van der Waals surface area contributed by atoms with Crippen LogP contribution >= 0.6 is 0 Å². The molecule has 1 atom stereocenters. The molecule has 0 radical (unpaired) electrons. The average Bonchev–Trinajstić information content (AvgIpc) is 2.82. The number of Topliss-reactive ketones (excluding diaryl/α,β-unsaturated/α-hetero) is 1. The first-order valence-electron chi connectivity index (χ1n) is 10.1. The van der Waals surface area contributed by atoms with Crippen molar-refractivity contribution in [2.45, 2.75) is 12.8 Å². The monoisotopic (exact) mass is 400 g/mol. The Balaban J connectivity index is 1.46. The molecule has 152 valence electrons. The second-order valence-corrected chi connectivity index (χ2v) is 7.50. The maximum Gasteiger partial charge on any atom is 0.246 e. The molecule has 0 saturated carbocycles. The topological polar surface area (TPSA) is 59.5 Å². The van der Waals surface area contributed by atoms with Gasteiger partial charge in [0.2, 0.25) is 5.91 Å². The number of carbonyl (C=O) groups excluding carboxylic acids is 2. The number of rotatable bonds is 5. The molecule has 30 heavy (non-hydrogen) atoms. The second kappa shape index (κ2) is 8.91. The Kier molecular flexibility index (Phi) is 5.89. The van der Waals surface area contributed by atoms with Gasteiger partial charge in [-0.1, -0.05) is 24.3 Å². The lowest BCUT2D eigenvalue weighted by atomic mass is 9.89. The highest BCUT2D eigenvalue weighted by Gasteiger charge is 2.28. The first-order chi connectivity index (χ1) is 14.6. The average molecular weight is 400 g/mol. The minimum atomic E-state index is -0.179. The number of fused-ring (bicyclic) bond motifs is 1. The van der Waals surface area contributed by atoms with Gasteiger partial charge in [-0.25, -0.2) is 0 Å². The third-order valence-electron chi connectivity index (χ3n) is 5.52. The van der Waals surface area contributed by atoms with Crippen LogP contribution in [0.15, 0.2) is 66.9 Å². The molecule has 0 spiro atoms. The van der Waals surface area contributed by atoms with Crippen molar-refractivity contribution in [3.05, 3.63) is 78.1 Å². The molecule has 0 N–H and O–H groups in total. The number of hydrogen-bond donors (Lipinski definition) is 0. The first kappa shape index (κ1) is 19.8. The van der Waals surface area contributed by atoms with Gasteiger partial charge in [0.1, 0.15) is 5.75 Å². The van der Waals surface area contributed by atoms with Crippen molar-refractivity contribution in [3.8, 4) is 5.75 Å². The normalized spacial score (nSPS) is 16.7. The number of hydrogen-bond acceptors (Lipinski definition) is 4. The summed E-state index contributed by atoms with van der Waals surface area (Å²) in [6, 6.07) is 17.1. The Morgan fingerprint density at radius 1 is 1.10 bits per heavy atom. The zero-order chi connectivity index (χ0) is 20.9. The Hall–Kier alpha value is -3.47. The van der Waals surface area contributed by atoms with Gasteiger partial charge in [-0.3, -0.25) is 14.6 Å². The van der Waals surface area contributed by atoms with Crippen molar-refractivity contribution < 1.29 is 14.3 Å². The fourth-order valence-electron chi connectivity index (χ4n) is 3.87. The van der Waals surface area contributed by atoms with Gasteiger partial charge < -0.3 is 9.64 Å². The van der Waals surface area contributed by atoms with Crippen LogP contribution in [0.25, 0.3) is 16.8 Å². The van der Waals surface area contributed by atoms with E-state index in [0.29, 0.717) is 18.7 Å². The van der Waals surface area contributed by atoms with Crippen LogP contribution in [-0.4, -0.2) is 41.8 Å². The van der Waals surface area contributed by atoms with E-state index in [1.54, 1.807) is 30.4 Å². The number of likely N-dealkylation sites (tertiary alicyclic amines) is 1. The van der Waals surface area contributed by atoms with Gasteiger partial charge in [0, 0.05) is 36.8 Å². The van der Waals surface area contributed by atoms with Gasteiger partial charge in [-0.2, -0.15) is 0 Å². The van der Waals surface area contributed by atoms with Crippen LogP contribution in [0.2, 0.25) is 0 Å². The largest absolute Gasteiger partial charge is 0.497 e. The summed E-state index contributed by atoms with van der Waals surface area (Å²) in [5.41, 5.74) is 1.43. The van der Waals surface area contributed by atoms with Gasteiger partial charge in [-0.15, -0.1) is 0 Å². The number of aromatic nitrogens is 1. The van der Waals surface area contributed by atoms with E-state index >= 15 is 0 Å². The number of nitrogens with zero attached hydrogens (tertiary/aromatic N) is 2. The number of piperidine rings is 1. The van der Waals surface area contributed by atoms with Crippen LogP contribution in [0, 0.1) is 5.92 Å². The predicted molar refractivity (Wildman–Crippen MR) is 117 cm³/mol. The van der Waals surface area contributed by atoms with E-state index in [2.05, 4.69) is 4.98 Å². The number of amides is 1. The van der Waals surface area contributed by atoms with Crippen LogP contribution in [0.5, 0.6) is 5.75 Å². The maximum atomic E-state index is 13.1. The minimum absolute atomic E-state index is 0.0799.